The fraction of sp³-hybridized carbons (Fsp3) is 0.667. The molecular weight excluding hydrogens is 222 g/mol. The van der Waals surface area contributed by atoms with Gasteiger partial charge in [-0.2, -0.15) is 0 Å². The minimum Gasteiger partial charge on any atom is -0.366 e. The first-order chi connectivity index (χ1) is 7.75. The SMILES string of the molecule is Cc1nccc(NC2CCCCCC2Cl)n1. The minimum absolute atomic E-state index is 0.220. The second kappa shape index (κ2) is 5.48. The van der Waals surface area contributed by atoms with Crippen molar-refractivity contribution in [3.05, 3.63) is 18.1 Å². The first kappa shape index (κ1) is 11.6. The van der Waals surface area contributed by atoms with Crippen LogP contribution in [-0.2, 0) is 0 Å². The highest BCUT2D eigenvalue weighted by atomic mass is 35.5. The summed E-state index contributed by atoms with van der Waals surface area (Å²) >= 11 is 6.37. The number of nitrogens with one attached hydrogen (secondary N) is 1. The smallest absolute Gasteiger partial charge is 0.129 e. The molecule has 0 spiro atoms. The molecule has 4 heteroatoms. The molecule has 0 amide bonds. The summed E-state index contributed by atoms with van der Waals surface area (Å²) in [5, 5.41) is 3.65. The number of alkyl halides is 1. The number of anilines is 1. The first-order valence-corrected chi connectivity index (χ1v) is 6.39. The Kier molecular flexibility index (Phi) is 3.99. The lowest BCUT2D eigenvalue weighted by Crippen LogP contribution is -2.29. The Labute approximate surface area is 102 Å². The monoisotopic (exact) mass is 239 g/mol. The second-order valence-corrected chi connectivity index (χ2v) is 4.95. The highest BCUT2D eigenvalue weighted by molar-refractivity contribution is 6.21. The maximum atomic E-state index is 6.37. The molecule has 16 heavy (non-hydrogen) atoms. The van der Waals surface area contributed by atoms with Crippen LogP contribution in [0.2, 0.25) is 0 Å². The molecule has 1 fully saturated rings. The predicted octanol–water partition coefficient (Wildman–Crippen LogP) is 3.14. The number of rotatable bonds is 2. The lowest BCUT2D eigenvalue weighted by atomic mass is 10.1. The van der Waals surface area contributed by atoms with Crippen molar-refractivity contribution in [2.45, 2.75) is 50.4 Å². The molecule has 1 heterocycles. The Hall–Kier alpha value is -0.830. The summed E-state index contributed by atoms with van der Waals surface area (Å²) in [5.74, 6) is 1.69. The van der Waals surface area contributed by atoms with Gasteiger partial charge in [0.05, 0.1) is 5.38 Å². The normalized spacial score (nSPS) is 26.1. The average molecular weight is 240 g/mol. The molecule has 0 bridgehead atoms. The maximum Gasteiger partial charge on any atom is 0.129 e. The number of aryl methyl sites for hydroxylation is 1. The van der Waals surface area contributed by atoms with Crippen LogP contribution in [0.3, 0.4) is 0 Å². The standard InChI is InChI=1S/C12H18ClN3/c1-9-14-8-7-12(15-9)16-11-6-4-2-3-5-10(11)13/h7-8,10-11H,2-6H2,1H3,(H,14,15,16). The van der Waals surface area contributed by atoms with Gasteiger partial charge in [0, 0.05) is 12.2 Å². The molecule has 2 atom stereocenters. The molecule has 3 nitrogen and oxygen atoms in total. The van der Waals surface area contributed by atoms with Crippen LogP contribution in [-0.4, -0.2) is 21.4 Å². The Bertz CT molecular complexity index is 343. The summed E-state index contributed by atoms with van der Waals surface area (Å²) in [7, 11) is 0. The van der Waals surface area contributed by atoms with Gasteiger partial charge in [-0.1, -0.05) is 19.3 Å². The molecule has 0 aromatic carbocycles. The molecule has 2 rings (SSSR count). The molecule has 88 valence electrons. The van der Waals surface area contributed by atoms with Crippen molar-refractivity contribution >= 4 is 17.4 Å². The van der Waals surface area contributed by atoms with E-state index in [9.17, 15) is 0 Å². The van der Waals surface area contributed by atoms with E-state index in [1.165, 1.54) is 19.3 Å². The third-order valence-corrected chi connectivity index (χ3v) is 3.56. The summed E-state index contributed by atoms with van der Waals surface area (Å²) in [6.45, 7) is 1.90. The first-order valence-electron chi connectivity index (χ1n) is 5.96. The van der Waals surface area contributed by atoms with E-state index in [1.54, 1.807) is 6.20 Å². The summed E-state index contributed by atoms with van der Waals surface area (Å²) in [5.41, 5.74) is 0. The molecule has 2 unspecified atom stereocenters. The van der Waals surface area contributed by atoms with Gasteiger partial charge in [-0.15, -0.1) is 11.6 Å². The maximum absolute atomic E-state index is 6.37. The summed E-state index contributed by atoms with van der Waals surface area (Å²) < 4.78 is 0. The van der Waals surface area contributed by atoms with Crippen molar-refractivity contribution in [1.82, 2.24) is 9.97 Å². The lowest BCUT2D eigenvalue weighted by molar-refractivity contribution is 0.624. The van der Waals surface area contributed by atoms with Crippen LogP contribution in [0.5, 0.6) is 0 Å². The minimum atomic E-state index is 0.220. The fourth-order valence-electron chi connectivity index (χ4n) is 2.15. The molecule has 1 aliphatic rings. The van der Waals surface area contributed by atoms with Gasteiger partial charge in [0.15, 0.2) is 0 Å². The molecule has 1 aromatic heterocycles. The number of nitrogens with zero attached hydrogens (tertiary/aromatic N) is 2. The van der Waals surface area contributed by atoms with Crippen LogP contribution in [0.15, 0.2) is 12.3 Å². The average Bonchev–Trinajstić information content (AvgIpc) is 2.45. The Morgan fingerprint density at radius 2 is 2.12 bits per heavy atom. The Balaban J connectivity index is 2.02. The van der Waals surface area contributed by atoms with Crippen molar-refractivity contribution < 1.29 is 0 Å². The van der Waals surface area contributed by atoms with E-state index in [1.807, 2.05) is 13.0 Å². The predicted molar refractivity (Wildman–Crippen MR) is 66.9 cm³/mol. The van der Waals surface area contributed by atoms with E-state index in [0.717, 1.165) is 24.5 Å². The van der Waals surface area contributed by atoms with Gasteiger partial charge < -0.3 is 5.32 Å². The molecule has 0 saturated heterocycles. The zero-order chi connectivity index (χ0) is 11.4. The van der Waals surface area contributed by atoms with E-state index in [-0.39, 0.29) is 5.38 Å². The van der Waals surface area contributed by atoms with Crippen LogP contribution in [0.25, 0.3) is 0 Å². The Morgan fingerprint density at radius 1 is 1.31 bits per heavy atom. The topological polar surface area (TPSA) is 37.8 Å². The van der Waals surface area contributed by atoms with Crippen LogP contribution in [0, 0.1) is 6.92 Å². The largest absolute Gasteiger partial charge is 0.366 e. The molecular formula is C12H18ClN3. The third kappa shape index (κ3) is 3.08. The van der Waals surface area contributed by atoms with Gasteiger partial charge in [-0.25, -0.2) is 9.97 Å². The van der Waals surface area contributed by atoms with Gasteiger partial charge in [0.2, 0.25) is 0 Å². The van der Waals surface area contributed by atoms with Crippen LogP contribution in [0.1, 0.15) is 37.9 Å². The van der Waals surface area contributed by atoms with Gasteiger partial charge in [-0.05, 0) is 25.8 Å². The quantitative estimate of drug-likeness (QED) is 0.637. The molecule has 0 radical (unpaired) electrons. The van der Waals surface area contributed by atoms with Crippen molar-refractivity contribution in [2.24, 2.45) is 0 Å². The van der Waals surface area contributed by atoms with Gasteiger partial charge in [0.25, 0.3) is 0 Å². The molecule has 1 saturated carbocycles. The van der Waals surface area contributed by atoms with E-state index >= 15 is 0 Å². The number of hydrogen-bond acceptors (Lipinski definition) is 3. The second-order valence-electron chi connectivity index (χ2n) is 4.39. The lowest BCUT2D eigenvalue weighted by Gasteiger charge is -2.21. The zero-order valence-corrected chi connectivity index (χ0v) is 10.4. The van der Waals surface area contributed by atoms with E-state index < -0.39 is 0 Å². The van der Waals surface area contributed by atoms with Gasteiger partial charge in [-0.3, -0.25) is 0 Å². The third-order valence-electron chi connectivity index (χ3n) is 3.04. The van der Waals surface area contributed by atoms with Gasteiger partial charge in [0.1, 0.15) is 11.6 Å². The van der Waals surface area contributed by atoms with Crippen LogP contribution < -0.4 is 5.32 Å². The summed E-state index contributed by atoms with van der Waals surface area (Å²) in [4.78, 5) is 8.44. The zero-order valence-electron chi connectivity index (χ0n) is 9.62. The van der Waals surface area contributed by atoms with E-state index in [2.05, 4.69) is 15.3 Å². The number of halogens is 1. The van der Waals surface area contributed by atoms with Gasteiger partial charge >= 0.3 is 0 Å². The molecule has 0 aliphatic heterocycles. The van der Waals surface area contributed by atoms with E-state index in [0.29, 0.717) is 6.04 Å². The van der Waals surface area contributed by atoms with Crippen LogP contribution in [0.4, 0.5) is 5.82 Å². The molecule has 1 aliphatic carbocycles. The van der Waals surface area contributed by atoms with Crippen molar-refractivity contribution in [2.75, 3.05) is 5.32 Å². The Morgan fingerprint density at radius 3 is 2.94 bits per heavy atom. The fourth-order valence-corrected chi connectivity index (χ4v) is 2.49. The van der Waals surface area contributed by atoms with E-state index in [4.69, 9.17) is 11.6 Å². The molecule has 1 aromatic rings. The van der Waals surface area contributed by atoms with Crippen molar-refractivity contribution in [3.63, 3.8) is 0 Å². The van der Waals surface area contributed by atoms with Crippen molar-refractivity contribution in [1.29, 1.82) is 0 Å². The summed E-state index contributed by atoms with van der Waals surface area (Å²) in [6.07, 6.45) is 7.81. The highest BCUT2D eigenvalue weighted by Crippen LogP contribution is 2.24. The van der Waals surface area contributed by atoms with Crippen LogP contribution >= 0.6 is 11.6 Å². The highest BCUT2D eigenvalue weighted by Gasteiger charge is 2.21. The number of aromatic nitrogens is 2. The van der Waals surface area contributed by atoms with Crippen molar-refractivity contribution in [3.8, 4) is 0 Å². The summed E-state index contributed by atoms with van der Waals surface area (Å²) in [6, 6.07) is 2.25. The molecule has 1 N–H and O–H groups in total. The number of hydrogen-bond donors (Lipinski definition) is 1.